The van der Waals surface area contributed by atoms with Crippen LogP contribution in [0.2, 0.25) is 0 Å². The maximum atomic E-state index is 12.1. The Morgan fingerprint density at radius 2 is 2.00 bits per heavy atom. The zero-order valence-corrected chi connectivity index (χ0v) is 14.0. The number of nitro groups is 1. The minimum atomic E-state index is -3.99. The molecule has 20 heavy (non-hydrogen) atoms. The van der Waals surface area contributed by atoms with E-state index in [2.05, 4.69) is 20.7 Å². The van der Waals surface area contributed by atoms with E-state index >= 15 is 0 Å². The van der Waals surface area contributed by atoms with E-state index in [1.807, 2.05) is 0 Å². The molecular weight excluding hydrogens is 374 g/mol. The SMILES string of the molecule is CC(C)(N)CNS(=O)(=O)c1cc(Br)ccc1[N+](=O)[O-].Cl. The van der Waals surface area contributed by atoms with Crippen molar-refractivity contribution >= 4 is 44.0 Å². The molecule has 3 N–H and O–H groups in total. The average Bonchev–Trinajstić information content (AvgIpc) is 2.25. The Labute approximate surface area is 131 Å². The summed E-state index contributed by atoms with van der Waals surface area (Å²) in [5.41, 5.74) is 4.44. The molecule has 0 aliphatic carbocycles. The number of nitro benzene ring substituents is 1. The summed E-state index contributed by atoms with van der Waals surface area (Å²) in [6.07, 6.45) is 0. The Balaban J connectivity index is 0.00000361. The first-order chi connectivity index (χ1) is 8.53. The van der Waals surface area contributed by atoms with Gasteiger partial charge >= 0.3 is 0 Å². The topological polar surface area (TPSA) is 115 Å². The van der Waals surface area contributed by atoms with Crippen LogP contribution in [0, 0.1) is 10.1 Å². The van der Waals surface area contributed by atoms with E-state index in [4.69, 9.17) is 5.73 Å². The van der Waals surface area contributed by atoms with Gasteiger partial charge in [-0.25, -0.2) is 13.1 Å². The fraction of sp³-hybridized carbons (Fsp3) is 0.400. The normalized spacial score (nSPS) is 11.8. The van der Waals surface area contributed by atoms with Gasteiger partial charge in [-0.15, -0.1) is 12.4 Å². The predicted octanol–water partition coefficient (Wildman–Crippen LogP) is 1.79. The molecule has 1 aromatic rings. The minimum absolute atomic E-state index is 0. The van der Waals surface area contributed by atoms with Gasteiger partial charge in [-0.05, 0) is 26.0 Å². The summed E-state index contributed by atoms with van der Waals surface area (Å²) >= 11 is 3.09. The van der Waals surface area contributed by atoms with Crippen LogP contribution in [0.5, 0.6) is 0 Å². The number of nitrogens with two attached hydrogens (primary N) is 1. The third-order valence-electron chi connectivity index (χ3n) is 2.13. The van der Waals surface area contributed by atoms with E-state index in [-0.39, 0.29) is 19.0 Å². The summed E-state index contributed by atoms with van der Waals surface area (Å²) in [5.74, 6) is 0. The lowest BCUT2D eigenvalue weighted by Gasteiger charge is -2.18. The Kier molecular flexibility index (Phi) is 6.56. The lowest BCUT2D eigenvalue weighted by atomic mass is 10.1. The number of sulfonamides is 1. The second kappa shape index (κ2) is 6.81. The van der Waals surface area contributed by atoms with Crippen molar-refractivity contribution in [2.45, 2.75) is 24.3 Å². The number of hydrogen-bond acceptors (Lipinski definition) is 5. The van der Waals surface area contributed by atoms with Crippen LogP contribution in [0.4, 0.5) is 5.69 Å². The van der Waals surface area contributed by atoms with Gasteiger partial charge in [0.05, 0.1) is 4.92 Å². The first-order valence-electron chi connectivity index (χ1n) is 5.25. The van der Waals surface area contributed by atoms with Crippen LogP contribution in [-0.4, -0.2) is 25.4 Å². The van der Waals surface area contributed by atoms with Crippen LogP contribution >= 0.6 is 28.3 Å². The summed E-state index contributed by atoms with van der Waals surface area (Å²) in [6.45, 7) is 3.26. The van der Waals surface area contributed by atoms with Crippen molar-refractivity contribution in [3.63, 3.8) is 0 Å². The van der Waals surface area contributed by atoms with Crippen LogP contribution < -0.4 is 10.5 Å². The van der Waals surface area contributed by atoms with Gasteiger partial charge in [-0.2, -0.15) is 0 Å². The molecule has 0 atom stereocenters. The fourth-order valence-corrected chi connectivity index (χ4v) is 3.14. The molecule has 0 aliphatic rings. The Bertz CT molecular complexity index is 601. The van der Waals surface area contributed by atoms with Crippen LogP contribution in [0.15, 0.2) is 27.6 Å². The van der Waals surface area contributed by atoms with E-state index in [1.165, 1.54) is 12.1 Å². The molecule has 0 aliphatic heterocycles. The molecule has 1 aromatic carbocycles. The summed E-state index contributed by atoms with van der Waals surface area (Å²) in [6, 6.07) is 3.72. The summed E-state index contributed by atoms with van der Waals surface area (Å²) < 4.78 is 26.8. The molecule has 7 nitrogen and oxygen atoms in total. The standard InChI is InChI=1S/C10H14BrN3O4S.ClH/c1-10(2,12)6-13-19(17,18)9-5-7(11)3-4-8(9)14(15)16;/h3-5,13H,6,12H2,1-2H3;1H. The van der Waals surface area contributed by atoms with Crippen molar-refractivity contribution < 1.29 is 13.3 Å². The molecule has 0 fully saturated rings. The third-order valence-corrected chi connectivity index (χ3v) is 4.05. The number of nitrogens with zero attached hydrogens (tertiary/aromatic N) is 1. The van der Waals surface area contributed by atoms with Crippen molar-refractivity contribution in [3.05, 3.63) is 32.8 Å². The molecule has 0 amide bonds. The van der Waals surface area contributed by atoms with Gasteiger partial charge in [-0.3, -0.25) is 10.1 Å². The molecule has 0 saturated heterocycles. The molecule has 0 radical (unpaired) electrons. The molecule has 0 spiro atoms. The quantitative estimate of drug-likeness (QED) is 0.589. The smallest absolute Gasteiger partial charge is 0.289 e. The van der Waals surface area contributed by atoms with E-state index < -0.39 is 31.1 Å². The maximum absolute atomic E-state index is 12.1. The molecule has 10 heteroatoms. The molecular formula is C10H15BrClN3O4S. The monoisotopic (exact) mass is 387 g/mol. The zero-order chi connectivity index (χ0) is 14.8. The molecule has 1 rings (SSSR count). The van der Waals surface area contributed by atoms with Gasteiger partial charge in [0.2, 0.25) is 10.0 Å². The van der Waals surface area contributed by atoms with Gasteiger partial charge in [-0.1, -0.05) is 15.9 Å². The molecule has 0 bridgehead atoms. The Hall–Kier alpha value is -0.740. The van der Waals surface area contributed by atoms with Crippen LogP contribution in [0.1, 0.15) is 13.8 Å². The van der Waals surface area contributed by atoms with Crippen LogP contribution in [-0.2, 0) is 10.0 Å². The number of halogens is 2. The first kappa shape index (κ1) is 19.3. The van der Waals surface area contributed by atoms with Gasteiger partial charge in [0, 0.05) is 22.6 Å². The first-order valence-corrected chi connectivity index (χ1v) is 7.53. The lowest BCUT2D eigenvalue weighted by Crippen LogP contribution is -2.45. The number of hydrogen-bond donors (Lipinski definition) is 2. The molecule has 0 aromatic heterocycles. The van der Waals surface area contributed by atoms with E-state index in [1.54, 1.807) is 13.8 Å². The maximum Gasteiger partial charge on any atom is 0.289 e. The van der Waals surface area contributed by atoms with E-state index in [9.17, 15) is 18.5 Å². The number of benzene rings is 1. The van der Waals surface area contributed by atoms with Crippen molar-refractivity contribution in [1.82, 2.24) is 4.72 Å². The minimum Gasteiger partial charge on any atom is -0.324 e. The average molecular weight is 389 g/mol. The molecule has 0 unspecified atom stereocenters. The summed E-state index contributed by atoms with van der Waals surface area (Å²) in [4.78, 5) is 9.72. The lowest BCUT2D eigenvalue weighted by molar-refractivity contribution is -0.387. The highest BCUT2D eigenvalue weighted by molar-refractivity contribution is 9.10. The van der Waals surface area contributed by atoms with Crippen molar-refractivity contribution in [3.8, 4) is 0 Å². The Morgan fingerprint density at radius 1 is 1.45 bits per heavy atom. The highest BCUT2D eigenvalue weighted by Gasteiger charge is 2.27. The van der Waals surface area contributed by atoms with Crippen molar-refractivity contribution in [1.29, 1.82) is 0 Å². The van der Waals surface area contributed by atoms with Crippen molar-refractivity contribution in [2.75, 3.05) is 6.54 Å². The highest BCUT2D eigenvalue weighted by Crippen LogP contribution is 2.27. The molecule has 114 valence electrons. The fourth-order valence-electron chi connectivity index (χ4n) is 1.21. The van der Waals surface area contributed by atoms with Crippen LogP contribution in [0.25, 0.3) is 0 Å². The summed E-state index contributed by atoms with van der Waals surface area (Å²) in [7, 11) is -3.99. The molecule has 0 saturated carbocycles. The Morgan fingerprint density at radius 3 is 2.45 bits per heavy atom. The van der Waals surface area contributed by atoms with E-state index in [0.717, 1.165) is 6.07 Å². The predicted molar refractivity (Wildman–Crippen MR) is 81.5 cm³/mol. The van der Waals surface area contributed by atoms with Gasteiger partial charge in [0.15, 0.2) is 4.90 Å². The highest BCUT2D eigenvalue weighted by atomic mass is 79.9. The van der Waals surface area contributed by atoms with Gasteiger partial charge in [0.25, 0.3) is 5.69 Å². The van der Waals surface area contributed by atoms with E-state index in [0.29, 0.717) is 4.47 Å². The zero-order valence-electron chi connectivity index (χ0n) is 10.8. The number of rotatable bonds is 5. The van der Waals surface area contributed by atoms with Crippen molar-refractivity contribution in [2.24, 2.45) is 5.73 Å². The van der Waals surface area contributed by atoms with Crippen LogP contribution in [0.3, 0.4) is 0 Å². The molecule has 0 heterocycles. The van der Waals surface area contributed by atoms with Gasteiger partial charge in [0.1, 0.15) is 0 Å². The number of nitrogens with one attached hydrogen (secondary N) is 1. The largest absolute Gasteiger partial charge is 0.324 e. The van der Waals surface area contributed by atoms with Gasteiger partial charge < -0.3 is 5.73 Å². The second-order valence-corrected chi connectivity index (χ2v) is 7.33. The third kappa shape index (κ3) is 5.33. The second-order valence-electron chi connectivity index (χ2n) is 4.68. The summed E-state index contributed by atoms with van der Waals surface area (Å²) in [5, 5.41) is 10.9.